The molecule has 0 aliphatic carbocycles. The van der Waals surface area contributed by atoms with Crippen molar-refractivity contribution in [3.05, 3.63) is 59.5 Å². The topological polar surface area (TPSA) is 63.2 Å². The van der Waals surface area contributed by atoms with Gasteiger partial charge in [-0.2, -0.15) is 0 Å². The van der Waals surface area contributed by atoms with Crippen molar-refractivity contribution >= 4 is 11.7 Å². The van der Waals surface area contributed by atoms with Crippen LogP contribution in [0.4, 0.5) is 10.2 Å². The average molecular weight is 329 g/mol. The van der Waals surface area contributed by atoms with E-state index in [-0.39, 0.29) is 17.8 Å². The molecule has 126 valence electrons. The Balaban J connectivity index is 1.48. The fraction of sp³-hybridized carbons (Fsp3) is 0.333. The van der Waals surface area contributed by atoms with Gasteiger partial charge in [-0.05, 0) is 42.7 Å². The van der Waals surface area contributed by atoms with Crippen molar-refractivity contribution in [2.75, 3.05) is 18.5 Å². The maximum atomic E-state index is 12.9. The number of nitrogens with zero attached hydrogens (tertiary/aromatic N) is 1. The third kappa shape index (κ3) is 4.52. The number of carbonyl (C=O) groups excluding carboxylic acids is 1. The molecule has 0 spiro atoms. The molecular weight excluding hydrogens is 309 g/mol. The molecule has 1 aromatic carbocycles. The summed E-state index contributed by atoms with van der Waals surface area (Å²) in [6.45, 7) is 1.84. The van der Waals surface area contributed by atoms with Crippen molar-refractivity contribution in [2.24, 2.45) is 0 Å². The second kappa shape index (κ2) is 7.88. The number of benzene rings is 1. The first-order valence-corrected chi connectivity index (χ1v) is 8.05. The van der Waals surface area contributed by atoms with Gasteiger partial charge in [0, 0.05) is 25.9 Å². The molecule has 1 saturated heterocycles. The minimum Gasteiger partial charge on any atom is -0.376 e. The zero-order chi connectivity index (χ0) is 16.8. The molecule has 1 atom stereocenters. The predicted octanol–water partition coefficient (Wildman–Crippen LogP) is 2.74. The molecule has 1 amide bonds. The van der Waals surface area contributed by atoms with Crippen molar-refractivity contribution in [1.82, 2.24) is 10.3 Å². The van der Waals surface area contributed by atoms with Crippen LogP contribution in [0.25, 0.3) is 0 Å². The molecule has 2 heterocycles. The summed E-state index contributed by atoms with van der Waals surface area (Å²) in [5.41, 5.74) is 1.47. The van der Waals surface area contributed by atoms with Crippen LogP contribution >= 0.6 is 0 Å². The SMILES string of the molecule is O=C(NCC1CCCO1)c1ccc(NCc2ccc(F)cc2)nc1. The Morgan fingerprint density at radius 1 is 1.25 bits per heavy atom. The predicted molar refractivity (Wildman–Crippen MR) is 89.3 cm³/mol. The second-order valence-corrected chi connectivity index (χ2v) is 5.76. The van der Waals surface area contributed by atoms with E-state index in [1.165, 1.54) is 18.3 Å². The molecule has 6 heteroatoms. The Bertz CT molecular complexity index is 668. The molecule has 2 N–H and O–H groups in total. The van der Waals surface area contributed by atoms with Crippen LogP contribution < -0.4 is 10.6 Å². The smallest absolute Gasteiger partial charge is 0.252 e. The highest BCUT2D eigenvalue weighted by atomic mass is 19.1. The van der Waals surface area contributed by atoms with E-state index in [9.17, 15) is 9.18 Å². The molecule has 1 aromatic heterocycles. The van der Waals surface area contributed by atoms with Crippen molar-refractivity contribution in [3.8, 4) is 0 Å². The summed E-state index contributed by atoms with van der Waals surface area (Å²) in [7, 11) is 0. The number of nitrogens with one attached hydrogen (secondary N) is 2. The van der Waals surface area contributed by atoms with E-state index in [0.717, 1.165) is 25.0 Å². The van der Waals surface area contributed by atoms with Crippen LogP contribution in [0.3, 0.4) is 0 Å². The summed E-state index contributed by atoms with van der Waals surface area (Å²) in [6, 6.07) is 9.76. The summed E-state index contributed by atoms with van der Waals surface area (Å²) in [6.07, 6.45) is 3.71. The van der Waals surface area contributed by atoms with Gasteiger partial charge in [0.2, 0.25) is 0 Å². The van der Waals surface area contributed by atoms with Gasteiger partial charge in [0.25, 0.3) is 5.91 Å². The van der Waals surface area contributed by atoms with Crippen LogP contribution in [-0.4, -0.2) is 30.1 Å². The summed E-state index contributed by atoms with van der Waals surface area (Å²) in [5.74, 6) is 0.258. The number of hydrogen-bond acceptors (Lipinski definition) is 4. The summed E-state index contributed by atoms with van der Waals surface area (Å²) < 4.78 is 18.3. The van der Waals surface area contributed by atoms with Crippen molar-refractivity contribution < 1.29 is 13.9 Å². The molecule has 24 heavy (non-hydrogen) atoms. The number of hydrogen-bond donors (Lipinski definition) is 2. The Morgan fingerprint density at radius 2 is 2.08 bits per heavy atom. The number of aromatic nitrogens is 1. The highest BCUT2D eigenvalue weighted by Crippen LogP contribution is 2.12. The van der Waals surface area contributed by atoms with Gasteiger partial charge in [0.15, 0.2) is 0 Å². The lowest BCUT2D eigenvalue weighted by atomic mass is 10.2. The molecular formula is C18H20FN3O2. The largest absolute Gasteiger partial charge is 0.376 e. The Hall–Kier alpha value is -2.47. The maximum Gasteiger partial charge on any atom is 0.252 e. The van der Waals surface area contributed by atoms with E-state index in [2.05, 4.69) is 15.6 Å². The first kappa shape index (κ1) is 16.4. The molecule has 2 aromatic rings. The minimum atomic E-state index is -0.254. The van der Waals surface area contributed by atoms with Crippen molar-refractivity contribution in [2.45, 2.75) is 25.5 Å². The molecule has 1 unspecified atom stereocenters. The zero-order valence-electron chi connectivity index (χ0n) is 13.3. The Labute approximate surface area is 140 Å². The van der Waals surface area contributed by atoms with Crippen LogP contribution in [0.15, 0.2) is 42.6 Å². The standard InChI is InChI=1S/C18H20FN3O2/c19-15-6-3-13(4-7-15)10-20-17-8-5-14(11-21-17)18(23)22-12-16-2-1-9-24-16/h3-8,11,16H,1-2,9-10,12H2,(H,20,21)(H,22,23). The highest BCUT2D eigenvalue weighted by Gasteiger charge is 2.16. The normalized spacial score (nSPS) is 16.8. The number of carbonyl (C=O) groups is 1. The summed E-state index contributed by atoms with van der Waals surface area (Å²) >= 11 is 0. The van der Waals surface area contributed by atoms with Gasteiger partial charge in [0.05, 0.1) is 11.7 Å². The maximum absolute atomic E-state index is 12.9. The lowest BCUT2D eigenvalue weighted by Crippen LogP contribution is -2.31. The fourth-order valence-electron chi connectivity index (χ4n) is 2.54. The molecule has 1 fully saturated rings. The number of halogens is 1. The van der Waals surface area contributed by atoms with Gasteiger partial charge < -0.3 is 15.4 Å². The molecule has 0 bridgehead atoms. The van der Waals surface area contributed by atoms with Gasteiger partial charge in [-0.25, -0.2) is 9.37 Å². The quantitative estimate of drug-likeness (QED) is 0.855. The lowest BCUT2D eigenvalue weighted by Gasteiger charge is -2.11. The second-order valence-electron chi connectivity index (χ2n) is 5.76. The summed E-state index contributed by atoms with van der Waals surface area (Å²) in [5, 5.41) is 6.00. The number of amides is 1. The first-order chi connectivity index (χ1) is 11.7. The van der Waals surface area contributed by atoms with Crippen LogP contribution in [0.2, 0.25) is 0 Å². The van der Waals surface area contributed by atoms with Crippen LogP contribution in [-0.2, 0) is 11.3 Å². The first-order valence-electron chi connectivity index (χ1n) is 8.05. The third-order valence-corrected chi connectivity index (χ3v) is 3.93. The van der Waals surface area contributed by atoms with Gasteiger partial charge in [-0.1, -0.05) is 12.1 Å². The van der Waals surface area contributed by atoms with E-state index in [1.54, 1.807) is 24.3 Å². The lowest BCUT2D eigenvalue weighted by molar-refractivity contribution is 0.0857. The van der Waals surface area contributed by atoms with Crippen LogP contribution in [0.1, 0.15) is 28.8 Å². The molecule has 1 aliphatic heterocycles. The van der Waals surface area contributed by atoms with E-state index >= 15 is 0 Å². The van der Waals surface area contributed by atoms with Gasteiger partial charge >= 0.3 is 0 Å². The van der Waals surface area contributed by atoms with Gasteiger partial charge in [0.1, 0.15) is 11.6 Å². The van der Waals surface area contributed by atoms with Crippen LogP contribution in [0.5, 0.6) is 0 Å². The van der Waals surface area contributed by atoms with Crippen molar-refractivity contribution in [3.63, 3.8) is 0 Å². The van der Waals surface area contributed by atoms with Gasteiger partial charge in [-0.3, -0.25) is 4.79 Å². The molecule has 1 aliphatic rings. The zero-order valence-corrected chi connectivity index (χ0v) is 13.3. The third-order valence-electron chi connectivity index (χ3n) is 3.93. The van der Waals surface area contributed by atoms with E-state index in [4.69, 9.17) is 4.74 Å². The van der Waals surface area contributed by atoms with E-state index in [1.807, 2.05) is 0 Å². The average Bonchev–Trinajstić information content (AvgIpc) is 3.13. The van der Waals surface area contributed by atoms with E-state index in [0.29, 0.717) is 24.5 Å². The van der Waals surface area contributed by atoms with E-state index < -0.39 is 0 Å². The molecule has 5 nitrogen and oxygen atoms in total. The number of pyridine rings is 1. The molecule has 0 radical (unpaired) electrons. The monoisotopic (exact) mass is 329 g/mol. The Morgan fingerprint density at radius 3 is 2.75 bits per heavy atom. The summed E-state index contributed by atoms with van der Waals surface area (Å²) in [4.78, 5) is 16.3. The number of anilines is 1. The molecule has 3 rings (SSSR count). The number of rotatable bonds is 6. The molecule has 0 saturated carbocycles. The minimum absolute atomic E-state index is 0.124. The van der Waals surface area contributed by atoms with Crippen molar-refractivity contribution in [1.29, 1.82) is 0 Å². The fourth-order valence-corrected chi connectivity index (χ4v) is 2.54. The Kier molecular flexibility index (Phi) is 5.38. The highest BCUT2D eigenvalue weighted by molar-refractivity contribution is 5.94. The number of ether oxygens (including phenoxy) is 1. The van der Waals surface area contributed by atoms with Gasteiger partial charge in [-0.15, -0.1) is 0 Å². The van der Waals surface area contributed by atoms with Crippen LogP contribution in [0, 0.1) is 5.82 Å².